The quantitative estimate of drug-likeness (QED) is 0.450. The SMILES string of the molecule is Cc1ccc(S(=O)(=O)OCc2c([N+](=O)[O-])cccc2C(F)(F)F)cc1. The Balaban J connectivity index is 2.40. The van der Waals surface area contributed by atoms with Gasteiger partial charge in [0, 0.05) is 6.07 Å². The van der Waals surface area contributed by atoms with Crippen molar-refractivity contribution in [2.75, 3.05) is 0 Å². The molecule has 25 heavy (non-hydrogen) atoms. The van der Waals surface area contributed by atoms with E-state index in [2.05, 4.69) is 4.18 Å². The van der Waals surface area contributed by atoms with Crippen LogP contribution in [0.25, 0.3) is 0 Å². The first-order valence-corrected chi connectivity index (χ1v) is 8.23. The molecule has 2 aromatic carbocycles. The average molecular weight is 375 g/mol. The van der Waals surface area contributed by atoms with E-state index in [1.54, 1.807) is 6.92 Å². The van der Waals surface area contributed by atoms with Gasteiger partial charge in [0.25, 0.3) is 15.8 Å². The van der Waals surface area contributed by atoms with Crippen LogP contribution in [0.15, 0.2) is 47.4 Å². The van der Waals surface area contributed by atoms with Gasteiger partial charge in [-0.15, -0.1) is 0 Å². The van der Waals surface area contributed by atoms with Gasteiger partial charge in [-0.2, -0.15) is 21.6 Å². The summed E-state index contributed by atoms with van der Waals surface area (Å²) in [5.41, 5.74) is -2.26. The molecule has 0 aromatic heterocycles. The highest BCUT2D eigenvalue weighted by Gasteiger charge is 2.37. The molecule has 134 valence electrons. The minimum Gasteiger partial charge on any atom is -0.261 e. The van der Waals surface area contributed by atoms with E-state index >= 15 is 0 Å². The Morgan fingerprint density at radius 3 is 2.24 bits per heavy atom. The molecule has 0 bridgehead atoms. The van der Waals surface area contributed by atoms with Gasteiger partial charge in [0.1, 0.15) is 0 Å². The third kappa shape index (κ3) is 4.34. The first-order chi connectivity index (χ1) is 11.5. The molecule has 0 atom stereocenters. The van der Waals surface area contributed by atoms with E-state index in [-0.39, 0.29) is 4.90 Å². The van der Waals surface area contributed by atoms with Crippen LogP contribution < -0.4 is 0 Å². The monoisotopic (exact) mass is 375 g/mol. The first-order valence-electron chi connectivity index (χ1n) is 6.82. The van der Waals surface area contributed by atoms with E-state index in [0.29, 0.717) is 6.07 Å². The molecule has 10 heteroatoms. The van der Waals surface area contributed by atoms with Gasteiger partial charge in [-0.1, -0.05) is 23.8 Å². The number of hydrogen-bond acceptors (Lipinski definition) is 5. The molecule has 0 saturated heterocycles. The standard InChI is InChI=1S/C15H12F3NO5S/c1-10-5-7-11(8-6-10)25(22,23)24-9-12-13(15(16,17)18)3-2-4-14(12)19(20)21/h2-8H,9H2,1H3. The molecular weight excluding hydrogens is 363 g/mol. The van der Waals surface area contributed by atoms with Crippen LogP contribution in [-0.2, 0) is 27.1 Å². The summed E-state index contributed by atoms with van der Waals surface area (Å²) in [5, 5.41) is 11.0. The van der Waals surface area contributed by atoms with Crippen molar-refractivity contribution in [3.8, 4) is 0 Å². The highest BCUT2D eigenvalue weighted by molar-refractivity contribution is 7.86. The number of nitrogens with zero attached hydrogens (tertiary/aromatic N) is 1. The molecular formula is C15H12F3NO5S. The fourth-order valence-corrected chi connectivity index (χ4v) is 2.95. The molecule has 0 amide bonds. The lowest BCUT2D eigenvalue weighted by molar-refractivity contribution is -0.386. The Labute approximate surface area is 141 Å². The molecule has 0 unspecified atom stereocenters. The molecule has 0 aliphatic rings. The Bertz CT molecular complexity index is 892. The van der Waals surface area contributed by atoms with Gasteiger partial charge in [-0.3, -0.25) is 14.3 Å². The fourth-order valence-electron chi connectivity index (χ4n) is 2.07. The van der Waals surface area contributed by atoms with Gasteiger partial charge >= 0.3 is 6.18 Å². The van der Waals surface area contributed by atoms with Crippen molar-refractivity contribution in [3.63, 3.8) is 0 Å². The highest BCUT2D eigenvalue weighted by Crippen LogP contribution is 2.36. The number of benzene rings is 2. The maximum atomic E-state index is 13.1. The van der Waals surface area contributed by atoms with Gasteiger partial charge in [0.05, 0.1) is 27.6 Å². The van der Waals surface area contributed by atoms with Crippen molar-refractivity contribution >= 4 is 15.8 Å². The molecule has 0 saturated carbocycles. The van der Waals surface area contributed by atoms with Crippen molar-refractivity contribution in [3.05, 3.63) is 69.3 Å². The molecule has 0 spiro atoms. The van der Waals surface area contributed by atoms with Crippen LogP contribution in [0.3, 0.4) is 0 Å². The average Bonchev–Trinajstić information content (AvgIpc) is 2.52. The molecule has 0 aliphatic heterocycles. The molecule has 0 fully saturated rings. The van der Waals surface area contributed by atoms with Gasteiger partial charge in [0.2, 0.25) is 0 Å². The Morgan fingerprint density at radius 2 is 1.72 bits per heavy atom. The lowest BCUT2D eigenvalue weighted by Gasteiger charge is -2.13. The topological polar surface area (TPSA) is 86.5 Å². The van der Waals surface area contributed by atoms with Crippen LogP contribution in [0.4, 0.5) is 18.9 Å². The number of aryl methyl sites for hydroxylation is 1. The summed E-state index contributed by atoms with van der Waals surface area (Å²) in [6.07, 6.45) is -4.89. The number of hydrogen-bond donors (Lipinski definition) is 0. The zero-order valence-corrected chi connectivity index (χ0v) is 13.6. The third-order valence-corrected chi connectivity index (χ3v) is 4.60. The predicted octanol–water partition coefficient (Wildman–Crippen LogP) is 3.83. The third-order valence-electron chi connectivity index (χ3n) is 3.32. The summed E-state index contributed by atoms with van der Waals surface area (Å²) in [7, 11) is -4.37. The highest BCUT2D eigenvalue weighted by atomic mass is 32.2. The molecule has 0 heterocycles. The Kier molecular flexibility index (Phi) is 5.14. The van der Waals surface area contributed by atoms with Crippen molar-refractivity contribution in [2.24, 2.45) is 0 Å². The second-order valence-electron chi connectivity index (χ2n) is 5.09. The fraction of sp³-hybridized carbons (Fsp3) is 0.200. The van der Waals surface area contributed by atoms with E-state index in [1.165, 1.54) is 24.3 Å². The van der Waals surface area contributed by atoms with Crippen LogP contribution in [-0.4, -0.2) is 13.3 Å². The van der Waals surface area contributed by atoms with Crippen LogP contribution in [0.2, 0.25) is 0 Å². The lowest BCUT2D eigenvalue weighted by Crippen LogP contribution is -2.14. The lowest BCUT2D eigenvalue weighted by atomic mass is 10.1. The summed E-state index contributed by atoms with van der Waals surface area (Å²) in [5.74, 6) is 0. The molecule has 0 radical (unpaired) electrons. The van der Waals surface area contributed by atoms with Gasteiger partial charge in [-0.25, -0.2) is 0 Å². The molecule has 0 aliphatic carbocycles. The normalized spacial score (nSPS) is 12.2. The van der Waals surface area contributed by atoms with Gasteiger partial charge in [-0.05, 0) is 25.1 Å². The predicted molar refractivity (Wildman–Crippen MR) is 81.3 cm³/mol. The van der Waals surface area contributed by atoms with E-state index in [4.69, 9.17) is 0 Å². The molecule has 2 aromatic rings. The van der Waals surface area contributed by atoms with E-state index < -0.39 is 44.6 Å². The van der Waals surface area contributed by atoms with Gasteiger partial charge in [0.15, 0.2) is 0 Å². The number of nitro groups is 1. The largest absolute Gasteiger partial charge is 0.417 e. The van der Waals surface area contributed by atoms with Crippen LogP contribution in [0, 0.1) is 17.0 Å². The zero-order chi connectivity index (χ0) is 18.8. The second kappa shape index (κ2) is 6.81. The Morgan fingerprint density at radius 1 is 1.12 bits per heavy atom. The van der Waals surface area contributed by atoms with Crippen LogP contribution >= 0.6 is 0 Å². The Hall–Kier alpha value is -2.46. The smallest absolute Gasteiger partial charge is 0.261 e. The zero-order valence-electron chi connectivity index (χ0n) is 12.8. The molecule has 6 nitrogen and oxygen atoms in total. The van der Waals surface area contributed by atoms with Crippen molar-refractivity contribution < 1.29 is 30.7 Å². The number of alkyl halides is 3. The second-order valence-corrected chi connectivity index (χ2v) is 6.70. The summed E-state index contributed by atoms with van der Waals surface area (Å²) >= 11 is 0. The summed E-state index contributed by atoms with van der Waals surface area (Å²) in [6.45, 7) is 0.613. The molecule has 0 N–H and O–H groups in total. The number of nitro benzene ring substituents is 1. The maximum absolute atomic E-state index is 13.1. The molecule has 2 rings (SSSR count). The van der Waals surface area contributed by atoms with Crippen molar-refractivity contribution in [2.45, 2.75) is 24.6 Å². The van der Waals surface area contributed by atoms with E-state index in [1.807, 2.05) is 0 Å². The first kappa shape index (κ1) is 18.9. The minimum absolute atomic E-state index is 0.259. The maximum Gasteiger partial charge on any atom is 0.417 e. The summed E-state index contributed by atoms with van der Waals surface area (Å²) < 4.78 is 68.0. The number of rotatable bonds is 5. The van der Waals surface area contributed by atoms with Crippen molar-refractivity contribution in [1.29, 1.82) is 0 Å². The van der Waals surface area contributed by atoms with Gasteiger partial charge < -0.3 is 0 Å². The number of halogens is 3. The summed E-state index contributed by atoms with van der Waals surface area (Å²) in [6, 6.07) is 7.80. The minimum atomic E-state index is -4.89. The van der Waals surface area contributed by atoms with Crippen LogP contribution in [0.1, 0.15) is 16.7 Å². The van der Waals surface area contributed by atoms with Crippen molar-refractivity contribution in [1.82, 2.24) is 0 Å². The van der Waals surface area contributed by atoms with E-state index in [0.717, 1.165) is 17.7 Å². The van der Waals surface area contributed by atoms with E-state index in [9.17, 15) is 31.7 Å². The van der Waals surface area contributed by atoms with Crippen LogP contribution in [0.5, 0.6) is 0 Å². The summed E-state index contributed by atoms with van der Waals surface area (Å²) in [4.78, 5) is 9.69.